The lowest BCUT2D eigenvalue weighted by atomic mass is 9.94. The van der Waals surface area contributed by atoms with Crippen LogP contribution in [0.2, 0.25) is 10.0 Å². The Morgan fingerprint density at radius 1 is 0.976 bits per heavy atom. The Balaban J connectivity index is 1.25. The number of piperidine rings is 1. The first kappa shape index (κ1) is 29.9. The molecule has 2 aliphatic heterocycles. The molecule has 0 aromatic heterocycles. The van der Waals surface area contributed by atoms with Gasteiger partial charge in [-0.3, -0.25) is 9.69 Å². The number of hydrogen-bond donors (Lipinski definition) is 1. The minimum atomic E-state index is -4.52. The summed E-state index contributed by atoms with van der Waals surface area (Å²) in [6.45, 7) is 0.818. The van der Waals surface area contributed by atoms with Crippen LogP contribution in [0.4, 0.5) is 17.6 Å². The van der Waals surface area contributed by atoms with E-state index in [-0.39, 0.29) is 59.2 Å². The van der Waals surface area contributed by atoms with Crippen LogP contribution in [0.15, 0.2) is 30.3 Å². The smallest absolute Gasteiger partial charge is 0.408 e. The maximum absolute atomic E-state index is 15.2. The predicted molar refractivity (Wildman–Crippen MR) is 145 cm³/mol. The average Bonchev–Trinajstić information content (AvgIpc) is 3.61. The Morgan fingerprint density at radius 2 is 1.63 bits per heavy atom. The summed E-state index contributed by atoms with van der Waals surface area (Å²) in [7, 11) is 0. The highest BCUT2D eigenvalue weighted by molar-refractivity contribution is 6.34. The van der Waals surface area contributed by atoms with E-state index >= 15 is 4.39 Å². The van der Waals surface area contributed by atoms with Crippen molar-refractivity contribution in [2.45, 2.75) is 62.7 Å². The molecule has 1 N–H and O–H groups in total. The second kappa shape index (κ2) is 12.0. The first-order valence-electron chi connectivity index (χ1n) is 13.7. The molecular formula is C29H30Cl2F4N2O4. The normalized spacial score (nSPS) is 21.2. The molecule has 6 nitrogen and oxygen atoms in total. The van der Waals surface area contributed by atoms with Gasteiger partial charge in [0.1, 0.15) is 23.7 Å². The second-order valence-electron chi connectivity index (χ2n) is 11.1. The van der Waals surface area contributed by atoms with Crippen LogP contribution in [-0.4, -0.2) is 65.2 Å². The van der Waals surface area contributed by atoms with E-state index in [0.717, 1.165) is 12.8 Å². The third kappa shape index (κ3) is 6.75. The van der Waals surface area contributed by atoms with E-state index < -0.39 is 36.0 Å². The van der Waals surface area contributed by atoms with Gasteiger partial charge in [-0.15, -0.1) is 0 Å². The van der Waals surface area contributed by atoms with Crippen molar-refractivity contribution in [2.75, 3.05) is 26.2 Å². The molecule has 3 aliphatic rings. The predicted octanol–water partition coefficient (Wildman–Crippen LogP) is 7.09. The Morgan fingerprint density at radius 3 is 2.22 bits per heavy atom. The monoisotopic (exact) mass is 616 g/mol. The highest BCUT2D eigenvalue weighted by Crippen LogP contribution is 2.46. The Labute approximate surface area is 245 Å². The van der Waals surface area contributed by atoms with Gasteiger partial charge in [-0.1, -0.05) is 23.2 Å². The quantitative estimate of drug-likeness (QED) is 0.321. The van der Waals surface area contributed by atoms with E-state index in [4.69, 9.17) is 27.9 Å². The van der Waals surface area contributed by atoms with Crippen molar-refractivity contribution >= 4 is 35.1 Å². The summed E-state index contributed by atoms with van der Waals surface area (Å²) in [5.41, 5.74) is 0.528. The zero-order chi connectivity index (χ0) is 29.5. The minimum absolute atomic E-state index is 0.00695. The van der Waals surface area contributed by atoms with Crippen molar-refractivity contribution in [3.8, 4) is 5.75 Å². The van der Waals surface area contributed by atoms with Crippen molar-refractivity contribution in [3.63, 3.8) is 0 Å². The summed E-state index contributed by atoms with van der Waals surface area (Å²) < 4.78 is 63.5. The molecule has 12 heteroatoms. The van der Waals surface area contributed by atoms with Gasteiger partial charge >= 0.3 is 12.1 Å². The van der Waals surface area contributed by atoms with E-state index in [9.17, 15) is 27.9 Å². The molecule has 1 amide bonds. The first-order valence-corrected chi connectivity index (χ1v) is 14.4. The molecule has 3 fully saturated rings. The maximum atomic E-state index is 15.2. The fourth-order valence-corrected chi connectivity index (χ4v) is 6.46. The highest BCUT2D eigenvalue weighted by atomic mass is 35.5. The fraction of sp³-hybridized carbons (Fsp3) is 0.517. The molecule has 2 heterocycles. The number of carboxylic acid groups (broad SMARTS) is 1. The van der Waals surface area contributed by atoms with Crippen LogP contribution < -0.4 is 4.74 Å². The van der Waals surface area contributed by atoms with Crippen LogP contribution in [0.3, 0.4) is 0 Å². The lowest BCUT2D eigenvalue weighted by molar-refractivity contribution is -0.190. The Kier molecular flexibility index (Phi) is 8.74. The number of benzene rings is 2. The van der Waals surface area contributed by atoms with Gasteiger partial charge in [-0.25, -0.2) is 9.18 Å². The van der Waals surface area contributed by atoms with Crippen LogP contribution in [0.5, 0.6) is 5.75 Å². The number of halogens is 6. The Hall–Kier alpha value is -2.56. The van der Waals surface area contributed by atoms with Crippen LogP contribution in [-0.2, 0) is 4.79 Å². The van der Waals surface area contributed by atoms with Crippen molar-refractivity contribution < 1.29 is 37.0 Å². The Bertz CT molecular complexity index is 1290. The molecule has 5 rings (SSSR count). The lowest BCUT2D eigenvalue weighted by Gasteiger charge is -2.38. The van der Waals surface area contributed by atoms with Crippen LogP contribution in [0, 0.1) is 11.7 Å². The van der Waals surface area contributed by atoms with E-state index in [1.165, 1.54) is 40.1 Å². The molecule has 0 unspecified atom stereocenters. The molecule has 0 bridgehead atoms. The summed E-state index contributed by atoms with van der Waals surface area (Å²) >= 11 is 12.0. The average molecular weight is 617 g/mol. The van der Waals surface area contributed by atoms with Crippen molar-refractivity contribution in [3.05, 3.63) is 62.9 Å². The van der Waals surface area contributed by atoms with Crippen LogP contribution in [0.1, 0.15) is 72.0 Å². The number of rotatable bonds is 8. The molecule has 1 aliphatic carbocycles. The molecule has 0 spiro atoms. The van der Waals surface area contributed by atoms with Gasteiger partial charge in [0.05, 0.1) is 12.2 Å². The van der Waals surface area contributed by atoms with Gasteiger partial charge in [0, 0.05) is 22.7 Å². The summed E-state index contributed by atoms with van der Waals surface area (Å²) in [4.78, 5) is 27.2. The molecule has 2 saturated heterocycles. The highest BCUT2D eigenvalue weighted by Gasteiger charge is 2.46. The second-order valence-corrected chi connectivity index (χ2v) is 11.9. The number of alkyl halides is 3. The zero-order valence-corrected chi connectivity index (χ0v) is 23.6. The van der Waals surface area contributed by atoms with Crippen LogP contribution in [0.25, 0.3) is 0 Å². The molecule has 222 valence electrons. The molecule has 0 radical (unpaired) electrons. The maximum Gasteiger partial charge on any atom is 0.408 e. The van der Waals surface area contributed by atoms with Gasteiger partial charge in [0.25, 0.3) is 5.91 Å². The van der Waals surface area contributed by atoms with E-state index in [1.54, 1.807) is 0 Å². The number of carbonyl (C=O) groups excluding carboxylic acids is 1. The van der Waals surface area contributed by atoms with Gasteiger partial charge in [0.2, 0.25) is 0 Å². The first-order chi connectivity index (χ1) is 19.4. The third-order valence-corrected chi connectivity index (χ3v) is 8.58. The van der Waals surface area contributed by atoms with Gasteiger partial charge in [-0.05, 0) is 98.8 Å². The summed E-state index contributed by atoms with van der Waals surface area (Å²) in [5, 5.41) is 9.70. The zero-order valence-electron chi connectivity index (χ0n) is 22.1. The number of amides is 1. The molecule has 2 aromatic carbocycles. The van der Waals surface area contributed by atoms with Crippen molar-refractivity contribution in [1.82, 2.24) is 9.80 Å². The van der Waals surface area contributed by atoms with Crippen LogP contribution >= 0.6 is 23.2 Å². The third-order valence-electron chi connectivity index (χ3n) is 8.15. The number of ether oxygens (including phenoxy) is 1. The number of carboxylic acids is 1. The molecular weight excluding hydrogens is 587 g/mol. The van der Waals surface area contributed by atoms with Gasteiger partial charge < -0.3 is 14.7 Å². The summed E-state index contributed by atoms with van der Waals surface area (Å²) in [6, 6.07) is 3.82. The van der Waals surface area contributed by atoms with E-state index in [0.29, 0.717) is 37.0 Å². The summed E-state index contributed by atoms with van der Waals surface area (Å²) in [6.07, 6.45) is -1.03. The largest absolute Gasteiger partial charge is 0.493 e. The lowest BCUT2D eigenvalue weighted by Crippen LogP contribution is -2.43. The number of hydrogen-bond acceptors (Lipinski definition) is 4. The number of nitrogens with zero attached hydrogens (tertiary/aromatic N) is 2. The summed E-state index contributed by atoms with van der Waals surface area (Å²) in [5.74, 6) is -2.14. The molecule has 1 saturated carbocycles. The van der Waals surface area contributed by atoms with Gasteiger partial charge in [0.15, 0.2) is 0 Å². The number of likely N-dealkylation sites (tertiary alicyclic amines) is 2. The van der Waals surface area contributed by atoms with Crippen molar-refractivity contribution in [2.24, 2.45) is 5.92 Å². The minimum Gasteiger partial charge on any atom is -0.493 e. The number of aliphatic carboxylic acids is 1. The van der Waals surface area contributed by atoms with Crippen molar-refractivity contribution in [1.29, 1.82) is 0 Å². The molecule has 2 atom stereocenters. The fourth-order valence-electron chi connectivity index (χ4n) is 5.92. The van der Waals surface area contributed by atoms with Gasteiger partial charge in [-0.2, -0.15) is 13.2 Å². The standard InChI is InChI=1S/C29H30Cl2F4N2O4/c30-19-10-18(11-20(31)12-19)26(29(33,34)35)36-8-5-16(6-9-36)15-41-25-14-23(32)22(13-21(25)17-3-4-17)27(38)37-7-1-2-24(37)28(39)40/h10-14,16-17,24,26H,1-9,15H2,(H,39,40)/t24-,26-/m0/s1. The van der Waals surface area contributed by atoms with E-state index in [2.05, 4.69) is 0 Å². The SMILES string of the molecule is O=C(O)[C@@H]1CCCN1C(=O)c1cc(C2CC2)c(OCC2CCN([C@@H](c3cc(Cl)cc(Cl)c3)C(F)(F)F)CC2)cc1F. The topological polar surface area (TPSA) is 70.1 Å². The number of carbonyl (C=O) groups is 2. The molecule has 2 aromatic rings. The van der Waals surface area contributed by atoms with E-state index in [1.807, 2.05) is 0 Å². The molecule has 41 heavy (non-hydrogen) atoms.